The molecule has 2 aromatic carbocycles. The molecule has 0 N–H and O–H groups in total. The normalized spacial score (nSPS) is 13.3. The van der Waals surface area contributed by atoms with Gasteiger partial charge in [0.1, 0.15) is 23.4 Å². The van der Waals surface area contributed by atoms with Crippen LogP contribution in [0.5, 0.6) is 5.75 Å². The van der Waals surface area contributed by atoms with Crippen LogP contribution in [0.4, 0.5) is 5.00 Å². The van der Waals surface area contributed by atoms with E-state index in [2.05, 4.69) is 27.0 Å². The Bertz CT molecular complexity index is 1050. The Hall–Kier alpha value is -2.42. The highest BCUT2D eigenvalue weighted by atomic mass is 79.9. The number of fused-ring (bicyclic) bond motifs is 1. The lowest BCUT2D eigenvalue weighted by Crippen LogP contribution is -1.99. The van der Waals surface area contributed by atoms with Crippen LogP contribution in [0.15, 0.2) is 58.0 Å². The molecule has 0 aliphatic heterocycles. The van der Waals surface area contributed by atoms with Gasteiger partial charge in [0.05, 0.1) is 5.56 Å². The molecule has 0 saturated heterocycles. The third-order valence-electron chi connectivity index (χ3n) is 4.79. The summed E-state index contributed by atoms with van der Waals surface area (Å²) in [6, 6.07) is 18.4. The summed E-state index contributed by atoms with van der Waals surface area (Å²) in [5.74, 6) is 0.774. The Labute approximate surface area is 177 Å². The fourth-order valence-electron chi connectivity index (χ4n) is 3.37. The van der Waals surface area contributed by atoms with Crippen molar-refractivity contribution in [3.8, 4) is 11.8 Å². The average Bonchev–Trinajstić information content (AvgIpc) is 3.09. The van der Waals surface area contributed by atoms with Gasteiger partial charge in [0, 0.05) is 21.1 Å². The number of hydrogen-bond donors (Lipinski definition) is 0. The number of hydrogen-bond acceptors (Lipinski definition) is 4. The second-order valence-corrected chi connectivity index (χ2v) is 8.72. The summed E-state index contributed by atoms with van der Waals surface area (Å²) >= 11 is 5.18. The molecule has 0 bridgehead atoms. The van der Waals surface area contributed by atoms with Gasteiger partial charge in [-0.1, -0.05) is 46.3 Å². The number of ether oxygens (including phenoxy) is 1. The first kappa shape index (κ1) is 18.9. The lowest BCUT2D eigenvalue weighted by atomic mass is 9.96. The number of thiophene rings is 1. The number of rotatable bonds is 5. The van der Waals surface area contributed by atoms with Gasteiger partial charge < -0.3 is 4.74 Å². The van der Waals surface area contributed by atoms with Crippen LogP contribution in [-0.2, 0) is 19.4 Å². The van der Waals surface area contributed by atoms with Crippen LogP contribution in [0.3, 0.4) is 0 Å². The quantitative estimate of drug-likeness (QED) is 0.411. The summed E-state index contributed by atoms with van der Waals surface area (Å²) in [6.07, 6.45) is 6.22. The molecule has 0 radical (unpaired) electrons. The van der Waals surface area contributed by atoms with Crippen molar-refractivity contribution in [2.45, 2.75) is 32.3 Å². The zero-order valence-electron chi connectivity index (χ0n) is 15.3. The van der Waals surface area contributed by atoms with Crippen molar-refractivity contribution in [2.75, 3.05) is 0 Å². The highest BCUT2D eigenvalue weighted by molar-refractivity contribution is 9.10. The van der Waals surface area contributed by atoms with E-state index < -0.39 is 0 Å². The Kier molecular flexibility index (Phi) is 5.90. The molecule has 140 valence electrons. The van der Waals surface area contributed by atoms with Crippen LogP contribution in [0, 0.1) is 11.3 Å². The fourth-order valence-corrected chi connectivity index (χ4v) is 4.94. The number of nitriles is 1. The van der Waals surface area contributed by atoms with Crippen molar-refractivity contribution in [3.05, 3.63) is 80.1 Å². The number of aliphatic imine (C=N–C) groups is 1. The van der Waals surface area contributed by atoms with Crippen LogP contribution >= 0.6 is 27.3 Å². The summed E-state index contributed by atoms with van der Waals surface area (Å²) < 4.78 is 7.00. The maximum absolute atomic E-state index is 9.62. The van der Waals surface area contributed by atoms with Crippen molar-refractivity contribution in [3.63, 3.8) is 0 Å². The topological polar surface area (TPSA) is 45.4 Å². The van der Waals surface area contributed by atoms with Gasteiger partial charge in [0.2, 0.25) is 0 Å². The molecule has 0 spiro atoms. The summed E-state index contributed by atoms with van der Waals surface area (Å²) in [4.78, 5) is 6.00. The summed E-state index contributed by atoms with van der Waals surface area (Å²) in [5, 5.41) is 10.4. The summed E-state index contributed by atoms with van der Waals surface area (Å²) in [6.45, 7) is 0.500. The molecule has 0 saturated carbocycles. The molecule has 0 fully saturated rings. The van der Waals surface area contributed by atoms with Crippen LogP contribution in [-0.4, -0.2) is 6.21 Å². The summed E-state index contributed by atoms with van der Waals surface area (Å²) in [7, 11) is 0. The molecular formula is C23H19BrN2OS. The lowest BCUT2D eigenvalue weighted by Gasteiger charge is -2.09. The first-order valence-electron chi connectivity index (χ1n) is 9.29. The van der Waals surface area contributed by atoms with E-state index in [1.165, 1.54) is 16.9 Å². The largest absolute Gasteiger partial charge is 0.488 e. The van der Waals surface area contributed by atoms with E-state index in [0.717, 1.165) is 51.2 Å². The first-order valence-corrected chi connectivity index (χ1v) is 10.9. The zero-order valence-corrected chi connectivity index (χ0v) is 17.7. The lowest BCUT2D eigenvalue weighted by molar-refractivity contribution is 0.306. The second kappa shape index (κ2) is 8.72. The monoisotopic (exact) mass is 450 g/mol. The second-order valence-electron chi connectivity index (χ2n) is 6.72. The van der Waals surface area contributed by atoms with E-state index in [4.69, 9.17) is 4.74 Å². The predicted molar refractivity (Wildman–Crippen MR) is 118 cm³/mol. The van der Waals surface area contributed by atoms with Crippen LogP contribution in [0.2, 0.25) is 0 Å². The summed E-state index contributed by atoms with van der Waals surface area (Å²) in [5.41, 5.74) is 3.96. The maximum atomic E-state index is 9.62. The molecule has 0 amide bonds. The van der Waals surface area contributed by atoms with Gasteiger partial charge in [0.25, 0.3) is 0 Å². The van der Waals surface area contributed by atoms with Gasteiger partial charge in [-0.3, -0.25) is 0 Å². The standard InChI is InChI=1S/C23H19BrN2OS/c24-18-10-11-21(27-15-16-6-2-1-3-7-16)17(12-18)14-26-23-20(13-25)19-8-4-5-9-22(19)28-23/h1-3,6-7,10-12,14H,4-5,8-9,15H2. The van der Waals surface area contributed by atoms with Gasteiger partial charge >= 0.3 is 0 Å². The molecule has 1 aromatic heterocycles. The van der Waals surface area contributed by atoms with Crippen molar-refractivity contribution in [1.82, 2.24) is 0 Å². The van der Waals surface area contributed by atoms with E-state index in [9.17, 15) is 5.26 Å². The smallest absolute Gasteiger partial charge is 0.134 e. The van der Waals surface area contributed by atoms with Crippen molar-refractivity contribution < 1.29 is 4.74 Å². The number of nitrogens with zero attached hydrogens (tertiary/aromatic N) is 2. The van der Waals surface area contributed by atoms with Gasteiger partial charge in [0.15, 0.2) is 0 Å². The number of halogens is 1. The SMILES string of the molecule is N#Cc1c(N=Cc2cc(Br)ccc2OCc2ccccc2)sc2c1CCCC2. The maximum Gasteiger partial charge on any atom is 0.134 e. The molecule has 1 aliphatic rings. The molecular weight excluding hydrogens is 432 g/mol. The minimum atomic E-state index is 0.500. The van der Waals surface area contributed by atoms with Gasteiger partial charge in [-0.2, -0.15) is 5.26 Å². The van der Waals surface area contributed by atoms with Crippen molar-refractivity contribution >= 4 is 38.5 Å². The molecule has 4 rings (SSSR count). The molecule has 5 heteroatoms. The highest BCUT2D eigenvalue weighted by Gasteiger charge is 2.20. The molecule has 1 heterocycles. The van der Waals surface area contributed by atoms with Gasteiger partial charge in [-0.05, 0) is 55.0 Å². The molecule has 1 aliphatic carbocycles. The Morgan fingerprint density at radius 2 is 1.96 bits per heavy atom. The van der Waals surface area contributed by atoms with E-state index in [-0.39, 0.29) is 0 Å². The highest BCUT2D eigenvalue weighted by Crippen LogP contribution is 2.39. The van der Waals surface area contributed by atoms with Gasteiger partial charge in [-0.15, -0.1) is 11.3 Å². The number of benzene rings is 2. The Morgan fingerprint density at radius 3 is 2.79 bits per heavy atom. The Balaban J connectivity index is 1.60. The van der Waals surface area contributed by atoms with Crippen molar-refractivity contribution in [2.24, 2.45) is 4.99 Å². The zero-order chi connectivity index (χ0) is 19.3. The van der Waals surface area contributed by atoms with E-state index >= 15 is 0 Å². The minimum Gasteiger partial charge on any atom is -0.488 e. The minimum absolute atomic E-state index is 0.500. The number of aryl methyl sites for hydroxylation is 1. The van der Waals surface area contributed by atoms with Crippen molar-refractivity contribution in [1.29, 1.82) is 5.26 Å². The molecule has 0 atom stereocenters. The fraction of sp³-hybridized carbons (Fsp3) is 0.217. The Morgan fingerprint density at radius 1 is 1.14 bits per heavy atom. The molecule has 0 unspecified atom stereocenters. The van der Waals surface area contributed by atoms with E-state index in [0.29, 0.717) is 6.61 Å². The van der Waals surface area contributed by atoms with Gasteiger partial charge in [-0.25, -0.2) is 4.99 Å². The van der Waals surface area contributed by atoms with Crippen LogP contribution < -0.4 is 4.74 Å². The molecule has 3 aromatic rings. The first-order chi connectivity index (χ1) is 13.7. The third-order valence-corrected chi connectivity index (χ3v) is 6.49. The van der Waals surface area contributed by atoms with E-state index in [1.54, 1.807) is 11.3 Å². The van der Waals surface area contributed by atoms with Crippen LogP contribution in [0.1, 0.15) is 40.0 Å². The predicted octanol–water partition coefficient (Wildman–Crippen LogP) is 6.59. The van der Waals surface area contributed by atoms with Crippen LogP contribution in [0.25, 0.3) is 0 Å². The third kappa shape index (κ3) is 4.19. The molecule has 3 nitrogen and oxygen atoms in total. The molecule has 28 heavy (non-hydrogen) atoms. The average molecular weight is 451 g/mol. The van der Waals surface area contributed by atoms with E-state index in [1.807, 2.05) is 54.7 Å².